The molecule has 0 saturated heterocycles. The second-order valence-corrected chi connectivity index (χ2v) is 3.38. The van der Waals surface area contributed by atoms with Gasteiger partial charge in [-0.15, -0.1) is 0 Å². The number of hydrogen-bond acceptors (Lipinski definition) is 3. The summed E-state index contributed by atoms with van der Waals surface area (Å²) >= 11 is 0. The first-order valence-electron chi connectivity index (χ1n) is 4.92. The van der Waals surface area contributed by atoms with Gasteiger partial charge in [-0.1, -0.05) is 6.07 Å². The van der Waals surface area contributed by atoms with E-state index >= 15 is 0 Å². The van der Waals surface area contributed by atoms with Crippen LogP contribution in [0.25, 0.3) is 0 Å². The van der Waals surface area contributed by atoms with Gasteiger partial charge in [0.25, 0.3) is 5.91 Å². The molecule has 94 valence electrons. The molecule has 0 unspecified atom stereocenters. The Morgan fingerprint density at radius 2 is 2.12 bits per heavy atom. The molecular weight excluding hydrogens is 235 g/mol. The van der Waals surface area contributed by atoms with Crippen molar-refractivity contribution in [3.05, 3.63) is 23.9 Å². The Morgan fingerprint density at radius 1 is 1.47 bits per heavy atom. The van der Waals surface area contributed by atoms with Crippen LogP contribution < -0.4 is 5.73 Å². The summed E-state index contributed by atoms with van der Waals surface area (Å²) in [7, 11) is 0. The average molecular weight is 247 g/mol. The van der Waals surface area contributed by atoms with Crippen LogP contribution in [0.3, 0.4) is 0 Å². The highest BCUT2D eigenvalue weighted by Gasteiger charge is 2.32. The predicted octanol–water partition coefficient (Wildman–Crippen LogP) is 1.69. The van der Waals surface area contributed by atoms with Crippen molar-refractivity contribution in [2.45, 2.75) is 13.1 Å². The number of nitrogens with zero attached hydrogens (tertiary/aromatic N) is 2. The van der Waals surface area contributed by atoms with Gasteiger partial charge < -0.3 is 10.6 Å². The fourth-order valence-electron chi connectivity index (χ4n) is 1.28. The Kier molecular flexibility index (Phi) is 3.93. The van der Waals surface area contributed by atoms with E-state index in [0.29, 0.717) is 4.90 Å². The third kappa shape index (κ3) is 3.93. The van der Waals surface area contributed by atoms with E-state index in [0.717, 1.165) is 0 Å². The summed E-state index contributed by atoms with van der Waals surface area (Å²) in [6.07, 6.45) is -4.42. The Labute approximate surface area is 96.2 Å². The van der Waals surface area contributed by atoms with Gasteiger partial charge in [-0.3, -0.25) is 4.79 Å². The highest BCUT2D eigenvalue weighted by molar-refractivity contribution is 5.92. The standard InChI is InChI=1S/C10H12F3N3O/c1-2-16(6-10(11,12)13)9(17)7-4-3-5-8(14)15-7/h3-5H,2,6H2,1H3,(H2,14,15). The van der Waals surface area contributed by atoms with E-state index in [1.54, 1.807) is 0 Å². The lowest BCUT2D eigenvalue weighted by Gasteiger charge is -2.21. The molecule has 0 aliphatic carbocycles. The van der Waals surface area contributed by atoms with Gasteiger partial charge in [-0.25, -0.2) is 4.98 Å². The molecule has 2 N–H and O–H groups in total. The quantitative estimate of drug-likeness (QED) is 0.884. The molecule has 0 atom stereocenters. The molecule has 7 heteroatoms. The van der Waals surface area contributed by atoms with E-state index in [1.807, 2.05) is 0 Å². The van der Waals surface area contributed by atoms with E-state index in [9.17, 15) is 18.0 Å². The summed E-state index contributed by atoms with van der Waals surface area (Å²) in [5.74, 6) is -0.684. The van der Waals surface area contributed by atoms with Crippen LogP contribution in [0.15, 0.2) is 18.2 Å². The number of nitrogen functional groups attached to an aromatic ring is 1. The average Bonchev–Trinajstić information content (AvgIpc) is 2.23. The molecule has 1 amide bonds. The van der Waals surface area contributed by atoms with Crippen molar-refractivity contribution in [2.24, 2.45) is 0 Å². The van der Waals surface area contributed by atoms with Crippen LogP contribution in [0, 0.1) is 0 Å². The molecular formula is C10H12F3N3O. The molecule has 0 radical (unpaired) electrons. The molecule has 4 nitrogen and oxygen atoms in total. The lowest BCUT2D eigenvalue weighted by molar-refractivity contribution is -0.140. The Morgan fingerprint density at radius 3 is 2.59 bits per heavy atom. The normalized spacial score (nSPS) is 11.3. The van der Waals surface area contributed by atoms with Crippen LogP contribution in [-0.2, 0) is 0 Å². The zero-order chi connectivity index (χ0) is 13.1. The Bertz CT molecular complexity index is 406. The molecule has 1 aromatic heterocycles. The smallest absolute Gasteiger partial charge is 0.384 e. The van der Waals surface area contributed by atoms with Crippen molar-refractivity contribution < 1.29 is 18.0 Å². The predicted molar refractivity (Wildman–Crippen MR) is 56.3 cm³/mol. The van der Waals surface area contributed by atoms with E-state index < -0.39 is 18.6 Å². The Hall–Kier alpha value is -1.79. The summed E-state index contributed by atoms with van der Waals surface area (Å²) in [6.45, 7) is 0.129. The summed E-state index contributed by atoms with van der Waals surface area (Å²) in [5, 5.41) is 0. The van der Waals surface area contributed by atoms with Crippen molar-refractivity contribution in [2.75, 3.05) is 18.8 Å². The molecule has 1 heterocycles. The van der Waals surface area contributed by atoms with Crippen molar-refractivity contribution in [1.82, 2.24) is 9.88 Å². The number of alkyl halides is 3. The minimum atomic E-state index is -4.42. The SMILES string of the molecule is CCN(CC(F)(F)F)C(=O)c1cccc(N)n1. The number of nitrogens with two attached hydrogens (primary N) is 1. The van der Waals surface area contributed by atoms with Crippen LogP contribution in [0.5, 0.6) is 0 Å². The highest BCUT2D eigenvalue weighted by Crippen LogP contribution is 2.17. The topological polar surface area (TPSA) is 59.2 Å². The Balaban J connectivity index is 2.87. The van der Waals surface area contributed by atoms with Crippen LogP contribution in [-0.4, -0.2) is 35.1 Å². The zero-order valence-corrected chi connectivity index (χ0v) is 9.16. The molecule has 0 aliphatic heterocycles. The summed E-state index contributed by atoms with van der Waals surface area (Å²) in [4.78, 5) is 16.1. The van der Waals surface area contributed by atoms with Crippen LogP contribution in [0.2, 0.25) is 0 Å². The highest BCUT2D eigenvalue weighted by atomic mass is 19.4. The van der Waals surface area contributed by atoms with E-state index in [-0.39, 0.29) is 18.1 Å². The van der Waals surface area contributed by atoms with Gasteiger partial charge in [0.1, 0.15) is 18.1 Å². The molecule has 0 fully saturated rings. The molecule has 0 saturated carbocycles. The number of pyridine rings is 1. The molecule has 0 spiro atoms. The number of carbonyl (C=O) groups is 1. The fourth-order valence-corrected chi connectivity index (χ4v) is 1.28. The largest absolute Gasteiger partial charge is 0.406 e. The van der Waals surface area contributed by atoms with E-state index in [2.05, 4.69) is 4.98 Å². The van der Waals surface area contributed by atoms with Crippen LogP contribution >= 0.6 is 0 Å². The van der Waals surface area contributed by atoms with Gasteiger partial charge in [0.15, 0.2) is 0 Å². The lowest BCUT2D eigenvalue weighted by Crippen LogP contribution is -2.39. The summed E-state index contributed by atoms with van der Waals surface area (Å²) in [6, 6.07) is 4.26. The van der Waals surface area contributed by atoms with Gasteiger partial charge >= 0.3 is 6.18 Å². The van der Waals surface area contributed by atoms with Crippen molar-refractivity contribution in [3.8, 4) is 0 Å². The summed E-state index contributed by atoms with van der Waals surface area (Å²) in [5.41, 5.74) is 5.27. The first-order chi connectivity index (χ1) is 7.83. The molecule has 1 rings (SSSR count). The molecule has 17 heavy (non-hydrogen) atoms. The maximum Gasteiger partial charge on any atom is 0.406 e. The number of hydrogen-bond donors (Lipinski definition) is 1. The van der Waals surface area contributed by atoms with Crippen molar-refractivity contribution in [1.29, 1.82) is 0 Å². The summed E-state index contributed by atoms with van der Waals surface area (Å²) < 4.78 is 36.6. The zero-order valence-electron chi connectivity index (χ0n) is 9.16. The van der Waals surface area contributed by atoms with Gasteiger partial charge in [-0.2, -0.15) is 13.2 Å². The second-order valence-electron chi connectivity index (χ2n) is 3.38. The number of amides is 1. The third-order valence-corrected chi connectivity index (χ3v) is 2.03. The molecule has 0 aliphatic rings. The number of aromatic nitrogens is 1. The van der Waals surface area contributed by atoms with E-state index in [1.165, 1.54) is 25.1 Å². The minimum absolute atomic E-state index is 0.0468. The third-order valence-electron chi connectivity index (χ3n) is 2.03. The number of halogens is 3. The lowest BCUT2D eigenvalue weighted by atomic mass is 10.3. The molecule has 0 bridgehead atoms. The molecule has 1 aromatic rings. The van der Waals surface area contributed by atoms with Gasteiger partial charge in [0.2, 0.25) is 0 Å². The minimum Gasteiger partial charge on any atom is -0.384 e. The number of rotatable bonds is 3. The number of anilines is 1. The second kappa shape index (κ2) is 5.03. The monoisotopic (exact) mass is 247 g/mol. The molecule has 0 aromatic carbocycles. The van der Waals surface area contributed by atoms with Crippen molar-refractivity contribution in [3.63, 3.8) is 0 Å². The first kappa shape index (κ1) is 13.3. The first-order valence-corrected chi connectivity index (χ1v) is 4.92. The maximum atomic E-state index is 12.2. The van der Waals surface area contributed by atoms with Crippen LogP contribution in [0.1, 0.15) is 17.4 Å². The van der Waals surface area contributed by atoms with Crippen LogP contribution in [0.4, 0.5) is 19.0 Å². The van der Waals surface area contributed by atoms with Gasteiger partial charge in [0, 0.05) is 6.54 Å². The number of carbonyl (C=O) groups excluding carboxylic acids is 1. The van der Waals surface area contributed by atoms with E-state index in [4.69, 9.17) is 5.73 Å². The fraction of sp³-hybridized carbons (Fsp3) is 0.400. The van der Waals surface area contributed by atoms with Gasteiger partial charge in [-0.05, 0) is 19.1 Å². The van der Waals surface area contributed by atoms with Gasteiger partial charge in [0.05, 0.1) is 0 Å². The van der Waals surface area contributed by atoms with Crippen molar-refractivity contribution >= 4 is 11.7 Å². The maximum absolute atomic E-state index is 12.2.